The molecule has 166 valence electrons. The first kappa shape index (κ1) is 24.4. The second kappa shape index (κ2) is 15.0. The predicted octanol–water partition coefficient (Wildman–Crippen LogP) is 8.03. The summed E-state index contributed by atoms with van der Waals surface area (Å²) in [6.45, 7) is 7.42. The highest BCUT2D eigenvalue weighted by atomic mass is 16.5. The molecule has 0 aliphatic carbocycles. The molecule has 2 aromatic rings. The molecule has 1 heterocycles. The molecule has 1 atom stereocenters. The minimum atomic E-state index is 0.549. The maximum absolute atomic E-state index is 6.05. The Morgan fingerprint density at radius 3 is 2.07 bits per heavy atom. The van der Waals surface area contributed by atoms with E-state index in [9.17, 15) is 0 Å². The Bertz CT molecular complexity index is 684. The molecule has 1 aromatic carbocycles. The Morgan fingerprint density at radius 2 is 1.43 bits per heavy atom. The van der Waals surface area contributed by atoms with Crippen molar-refractivity contribution < 1.29 is 4.74 Å². The zero-order valence-corrected chi connectivity index (χ0v) is 19.5. The van der Waals surface area contributed by atoms with Crippen molar-refractivity contribution in [3.63, 3.8) is 0 Å². The van der Waals surface area contributed by atoms with Gasteiger partial charge in [-0.1, -0.05) is 97.1 Å². The van der Waals surface area contributed by atoms with Crippen molar-refractivity contribution >= 4 is 0 Å². The zero-order chi connectivity index (χ0) is 21.4. The lowest BCUT2D eigenvalue weighted by Crippen LogP contribution is -2.08. The molecule has 2 rings (SSSR count). The molecule has 0 aliphatic heterocycles. The number of para-hydroxylation sites is 1. The van der Waals surface area contributed by atoms with Crippen LogP contribution in [0.2, 0.25) is 0 Å². The maximum atomic E-state index is 6.05. The van der Waals surface area contributed by atoms with Gasteiger partial charge in [0.15, 0.2) is 0 Å². The first-order valence-corrected chi connectivity index (χ1v) is 12.3. The molecular formula is C27H42N2O. The molecule has 0 aliphatic rings. The van der Waals surface area contributed by atoms with Gasteiger partial charge in [0.2, 0.25) is 0 Å². The quantitative estimate of drug-likeness (QED) is 0.263. The van der Waals surface area contributed by atoms with Crippen LogP contribution in [0.1, 0.15) is 97.1 Å². The summed E-state index contributed by atoms with van der Waals surface area (Å²) < 4.78 is 6.05. The third-order valence-electron chi connectivity index (χ3n) is 5.89. The van der Waals surface area contributed by atoms with Crippen LogP contribution in [-0.2, 0) is 6.42 Å². The Morgan fingerprint density at radius 1 is 0.767 bits per heavy atom. The van der Waals surface area contributed by atoms with Gasteiger partial charge < -0.3 is 4.74 Å². The van der Waals surface area contributed by atoms with E-state index in [-0.39, 0.29) is 0 Å². The van der Waals surface area contributed by atoms with Gasteiger partial charge in [-0.05, 0) is 43.0 Å². The molecule has 3 nitrogen and oxygen atoms in total. The third-order valence-corrected chi connectivity index (χ3v) is 5.89. The van der Waals surface area contributed by atoms with Crippen molar-refractivity contribution in [1.29, 1.82) is 0 Å². The third kappa shape index (κ3) is 9.28. The van der Waals surface area contributed by atoms with Crippen LogP contribution >= 0.6 is 0 Å². The molecule has 0 N–H and O–H groups in total. The highest BCUT2D eigenvalue weighted by molar-refractivity contribution is 5.66. The van der Waals surface area contributed by atoms with Crippen LogP contribution in [0.5, 0.6) is 5.75 Å². The fraction of sp³-hybridized carbons (Fsp3) is 0.630. The summed E-state index contributed by atoms with van der Waals surface area (Å²) >= 11 is 0. The number of hydrogen-bond acceptors (Lipinski definition) is 3. The highest BCUT2D eigenvalue weighted by Crippen LogP contribution is 2.28. The van der Waals surface area contributed by atoms with Gasteiger partial charge in [0.25, 0.3) is 0 Å². The van der Waals surface area contributed by atoms with Crippen LogP contribution < -0.4 is 4.74 Å². The molecule has 3 heteroatoms. The maximum Gasteiger partial charge on any atom is 0.128 e. The van der Waals surface area contributed by atoms with E-state index in [2.05, 4.69) is 49.2 Å². The Kier molecular flexibility index (Phi) is 12.2. The predicted molar refractivity (Wildman–Crippen MR) is 128 cm³/mol. The van der Waals surface area contributed by atoms with E-state index in [0.717, 1.165) is 42.1 Å². The first-order chi connectivity index (χ1) is 14.7. The summed E-state index contributed by atoms with van der Waals surface area (Å²) in [7, 11) is 0. The fourth-order valence-electron chi connectivity index (χ4n) is 3.58. The van der Waals surface area contributed by atoms with Gasteiger partial charge >= 0.3 is 0 Å². The van der Waals surface area contributed by atoms with Gasteiger partial charge in [0.05, 0.1) is 18.0 Å². The average Bonchev–Trinajstić information content (AvgIpc) is 2.79. The van der Waals surface area contributed by atoms with Gasteiger partial charge in [0.1, 0.15) is 5.75 Å². The monoisotopic (exact) mass is 410 g/mol. The van der Waals surface area contributed by atoms with Crippen molar-refractivity contribution in [3.05, 3.63) is 42.1 Å². The largest absolute Gasteiger partial charge is 0.493 e. The van der Waals surface area contributed by atoms with E-state index in [0.29, 0.717) is 5.92 Å². The van der Waals surface area contributed by atoms with Crippen LogP contribution in [0.25, 0.3) is 11.3 Å². The summed E-state index contributed by atoms with van der Waals surface area (Å²) in [4.78, 5) is 0. The molecule has 0 fully saturated rings. The van der Waals surface area contributed by atoms with Crippen LogP contribution in [-0.4, -0.2) is 16.8 Å². The Labute approximate surface area is 184 Å². The van der Waals surface area contributed by atoms with E-state index in [1.54, 1.807) is 0 Å². The highest BCUT2D eigenvalue weighted by Gasteiger charge is 2.09. The van der Waals surface area contributed by atoms with E-state index in [1.807, 2.05) is 18.2 Å². The molecular weight excluding hydrogens is 368 g/mol. The topological polar surface area (TPSA) is 35.0 Å². The Balaban J connectivity index is 1.71. The molecule has 1 unspecified atom stereocenters. The number of aromatic nitrogens is 2. The molecule has 0 saturated heterocycles. The molecule has 0 radical (unpaired) electrons. The molecule has 30 heavy (non-hydrogen) atoms. The molecule has 0 spiro atoms. The number of hydrogen-bond donors (Lipinski definition) is 0. The van der Waals surface area contributed by atoms with Crippen LogP contribution in [0, 0.1) is 5.92 Å². The summed E-state index contributed by atoms with van der Waals surface area (Å²) in [6.07, 6.45) is 15.8. The minimum Gasteiger partial charge on any atom is -0.493 e. The van der Waals surface area contributed by atoms with E-state index < -0.39 is 0 Å². The molecule has 0 amide bonds. The number of aryl methyl sites for hydroxylation is 1. The second-order valence-electron chi connectivity index (χ2n) is 8.66. The minimum absolute atomic E-state index is 0.549. The SMILES string of the molecule is CCCCCCCCCCCCc1ccc(-c2ccccc2OCC(C)CC)nn1. The van der Waals surface area contributed by atoms with E-state index in [1.165, 1.54) is 64.2 Å². The van der Waals surface area contributed by atoms with Crippen molar-refractivity contribution in [2.24, 2.45) is 5.92 Å². The van der Waals surface area contributed by atoms with Gasteiger partial charge in [0, 0.05) is 5.56 Å². The lowest BCUT2D eigenvalue weighted by Gasteiger charge is -2.14. The fourth-order valence-corrected chi connectivity index (χ4v) is 3.58. The lowest BCUT2D eigenvalue weighted by molar-refractivity contribution is 0.257. The summed E-state index contributed by atoms with van der Waals surface area (Å²) in [5.41, 5.74) is 3.01. The average molecular weight is 411 g/mol. The Hall–Kier alpha value is -1.90. The standard InChI is InChI=1S/C27H42N2O/c1-4-6-7-8-9-10-11-12-13-14-17-24-20-21-26(29-28-24)25-18-15-16-19-27(25)30-22-23(3)5-2/h15-16,18-21,23H,4-14,17,22H2,1-3H3. The van der Waals surface area contributed by atoms with Crippen molar-refractivity contribution in [2.45, 2.75) is 97.8 Å². The van der Waals surface area contributed by atoms with Crippen molar-refractivity contribution in [3.8, 4) is 17.0 Å². The first-order valence-electron chi connectivity index (χ1n) is 12.3. The second-order valence-corrected chi connectivity index (χ2v) is 8.66. The summed E-state index contributed by atoms with van der Waals surface area (Å²) in [5, 5.41) is 8.97. The molecule has 0 bridgehead atoms. The van der Waals surface area contributed by atoms with E-state index >= 15 is 0 Å². The number of nitrogens with zero attached hydrogens (tertiary/aromatic N) is 2. The molecule has 1 aromatic heterocycles. The van der Waals surface area contributed by atoms with Gasteiger partial charge in [-0.25, -0.2) is 0 Å². The van der Waals surface area contributed by atoms with Gasteiger partial charge in [-0.15, -0.1) is 0 Å². The zero-order valence-electron chi connectivity index (χ0n) is 19.5. The number of rotatable bonds is 16. The number of ether oxygens (including phenoxy) is 1. The van der Waals surface area contributed by atoms with Crippen LogP contribution in [0.3, 0.4) is 0 Å². The van der Waals surface area contributed by atoms with Crippen LogP contribution in [0.15, 0.2) is 36.4 Å². The van der Waals surface area contributed by atoms with E-state index in [4.69, 9.17) is 4.74 Å². The van der Waals surface area contributed by atoms with Crippen molar-refractivity contribution in [2.75, 3.05) is 6.61 Å². The summed E-state index contributed by atoms with van der Waals surface area (Å²) in [6, 6.07) is 12.4. The van der Waals surface area contributed by atoms with Crippen molar-refractivity contribution in [1.82, 2.24) is 10.2 Å². The lowest BCUT2D eigenvalue weighted by atomic mass is 10.0. The normalized spacial score (nSPS) is 12.1. The van der Waals surface area contributed by atoms with Gasteiger partial charge in [-0.2, -0.15) is 10.2 Å². The van der Waals surface area contributed by atoms with Gasteiger partial charge in [-0.3, -0.25) is 0 Å². The smallest absolute Gasteiger partial charge is 0.128 e. The number of unbranched alkanes of at least 4 members (excludes halogenated alkanes) is 9. The molecule has 0 saturated carbocycles. The number of benzene rings is 1. The van der Waals surface area contributed by atoms with Crippen LogP contribution in [0.4, 0.5) is 0 Å². The summed E-state index contributed by atoms with van der Waals surface area (Å²) in [5.74, 6) is 1.45.